The molecule has 0 radical (unpaired) electrons. The van der Waals surface area contributed by atoms with Crippen LogP contribution in [0.3, 0.4) is 0 Å². The second-order valence-electron chi connectivity index (χ2n) is 4.84. The Morgan fingerprint density at radius 1 is 1.44 bits per heavy atom. The highest BCUT2D eigenvalue weighted by Crippen LogP contribution is 2.26. The van der Waals surface area contributed by atoms with Gasteiger partial charge in [-0.05, 0) is 25.0 Å². The van der Waals surface area contributed by atoms with Crippen LogP contribution in [0.25, 0.3) is 0 Å². The highest BCUT2D eigenvalue weighted by Gasteiger charge is 2.32. The average Bonchev–Trinajstić information content (AvgIpc) is 2.88. The lowest BCUT2D eigenvalue weighted by atomic mass is 10.0. The molecule has 0 aromatic rings. The summed E-state index contributed by atoms with van der Waals surface area (Å²) in [4.78, 5) is 11.6. The van der Waals surface area contributed by atoms with E-state index in [1.54, 1.807) is 11.8 Å². The summed E-state index contributed by atoms with van der Waals surface area (Å²) < 4.78 is 0. The summed E-state index contributed by atoms with van der Waals surface area (Å²) in [6, 6.07) is 0.213. The van der Waals surface area contributed by atoms with Gasteiger partial charge in [-0.2, -0.15) is 11.8 Å². The predicted octanol–water partition coefficient (Wildman–Crippen LogP) is 1.10. The van der Waals surface area contributed by atoms with Crippen LogP contribution < -0.4 is 10.6 Å². The largest absolute Gasteiger partial charge is 0.387 e. The van der Waals surface area contributed by atoms with E-state index in [4.69, 9.17) is 0 Å². The molecule has 1 atom stereocenters. The van der Waals surface area contributed by atoms with Gasteiger partial charge in [-0.15, -0.1) is 0 Å². The Morgan fingerprint density at radius 2 is 2.19 bits per heavy atom. The number of urea groups is 1. The first-order valence-corrected chi connectivity index (χ1v) is 7.18. The summed E-state index contributed by atoms with van der Waals surface area (Å²) in [7, 11) is 0. The van der Waals surface area contributed by atoms with E-state index in [2.05, 4.69) is 10.6 Å². The van der Waals surface area contributed by atoms with Gasteiger partial charge >= 0.3 is 6.03 Å². The van der Waals surface area contributed by atoms with Gasteiger partial charge in [0.2, 0.25) is 0 Å². The molecule has 1 saturated heterocycles. The van der Waals surface area contributed by atoms with Crippen LogP contribution in [-0.2, 0) is 0 Å². The molecule has 4 nitrogen and oxygen atoms in total. The van der Waals surface area contributed by atoms with E-state index in [1.165, 1.54) is 12.8 Å². The molecule has 1 unspecified atom stereocenters. The van der Waals surface area contributed by atoms with Crippen molar-refractivity contribution in [2.24, 2.45) is 0 Å². The quantitative estimate of drug-likeness (QED) is 0.696. The molecule has 1 heterocycles. The Labute approximate surface area is 101 Å². The van der Waals surface area contributed by atoms with Gasteiger partial charge in [0.15, 0.2) is 0 Å². The summed E-state index contributed by atoms with van der Waals surface area (Å²) in [6.07, 6.45) is 5.39. The zero-order chi connectivity index (χ0) is 11.4. The predicted molar refractivity (Wildman–Crippen MR) is 65.7 cm³/mol. The highest BCUT2D eigenvalue weighted by atomic mass is 32.2. The molecule has 0 aromatic carbocycles. The third-order valence-electron chi connectivity index (χ3n) is 3.35. The second kappa shape index (κ2) is 5.27. The number of amides is 2. The molecule has 1 aliphatic carbocycles. The third kappa shape index (κ3) is 3.28. The molecule has 0 aromatic heterocycles. The maximum absolute atomic E-state index is 11.6. The zero-order valence-electron chi connectivity index (χ0n) is 9.50. The highest BCUT2D eigenvalue weighted by molar-refractivity contribution is 7.99. The van der Waals surface area contributed by atoms with Crippen molar-refractivity contribution in [2.45, 2.75) is 43.7 Å². The van der Waals surface area contributed by atoms with E-state index in [9.17, 15) is 9.90 Å². The molecule has 16 heavy (non-hydrogen) atoms. The topological polar surface area (TPSA) is 61.4 Å². The van der Waals surface area contributed by atoms with E-state index >= 15 is 0 Å². The molecule has 1 saturated carbocycles. The minimum Gasteiger partial charge on any atom is -0.387 e. The lowest BCUT2D eigenvalue weighted by Gasteiger charge is -2.22. The van der Waals surface area contributed by atoms with Crippen LogP contribution in [0.2, 0.25) is 0 Å². The van der Waals surface area contributed by atoms with Crippen molar-refractivity contribution in [3.05, 3.63) is 0 Å². The number of carbonyl (C=O) groups excluding carboxylic acids is 1. The Kier molecular flexibility index (Phi) is 3.97. The maximum Gasteiger partial charge on any atom is 0.315 e. The maximum atomic E-state index is 11.6. The molecule has 5 heteroatoms. The van der Waals surface area contributed by atoms with Crippen molar-refractivity contribution in [3.8, 4) is 0 Å². The molecule has 1 aliphatic heterocycles. The number of carbonyl (C=O) groups is 1. The van der Waals surface area contributed by atoms with Crippen LogP contribution in [0.4, 0.5) is 4.79 Å². The molecule has 3 N–H and O–H groups in total. The third-order valence-corrected chi connectivity index (χ3v) is 4.59. The molecule has 2 fully saturated rings. The smallest absolute Gasteiger partial charge is 0.315 e. The number of rotatable bonds is 3. The van der Waals surface area contributed by atoms with Crippen molar-refractivity contribution < 1.29 is 9.90 Å². The number of hydrogen-bond donors (Lipinski definition) is 3. The standard InChI is InChI=1S/C11H20N2O2S/c14-10(13-9-3-1-2-4-9)12-7-11(15)5-6-16-8-11/h9,15H,1-8H2,(H2,12,13,14). The summed E-state index contributed by atoms with van der Waals surface area (Å²) in [5.41, 5.74) is -0.683. The lowest BCUT2D eigenvalue weighted by molar-refractivity contribution is 0.0698. The van der Waals surface area contributed by atoms with Gasteiger partial charge in [-0.3, -0.25) is 0 Å². The molecule has 2 rings (SSSR count). The molecular formula is C11H20N2O2S. The van der Waals surface area contributed by atoms with Crippen LogP contribution in [0.5, 0.6) is 0 Å². The van der Waals surface area contributed by atoms with Gasteiger partial charge in [0.25, 0.3) is 0 Å². The van der Waals surface area contributed by atoms with E-state index in [-0.39, 0.29) is 6.03 Å². The van der Waals surface area contributed by atoms with Gasteiger partial charge in [0, 0.05) is 18.3 Å². The normalized spacial score (nSPS) is 30.6. The van der Waals surface area contributed by atoms with Crippen LogP contribution in [-0.4, -0.2) is 40.8 Å². The number of aliphatic hydroxyl groups is 1. The van der Waals surface area contributed by atoms with Gasteiger partial charge in [0.1, 0.15) is 0 Å². The minimum atomic E-state index is -0.683. The fraction of sp³-hybridized carbons (Fsp3) is 0.909. The number of hydrogen-bond acceptors (Lipinski definition) is 3. The molecule has 0 spiro atoms. The van der Waals surface area contributed by atoms with E-state index in [1.807, 2.05) is 0 Å². The van der Waals surface area contributed by atoms with Gasteiger partial charge in [0.05, 0.1) is 5.60 Å². The first-order valence-electron chi connectivity index (χ1n) is 6.02. The fourth-order valence-corrected chi connectivity index (χ4v) is 3.58. The monoisotopic (exact) mass is 244 g/mol. The minimum absolute atomic E-state index is 0.128. The molecular weight excluding hydrogens is 224 g/mol. The summed E-state index contributed by atoms with van der Waals surface area (Å²) in [5.74, 6) is 1.72. The molecule has 0 bridgehead atoms. The van der Waals surface area contributed by atoms with Gasteiger partial charge in [-0.1, -0.05) is 12.8 Å². The fourth-order valence-electron chi connectivity index (χ4n) is 2.29. The number of thioether (sulfide) groups is 1. The summed E-state index contributed by atoms with van der Waals surface area (Å²) in [6.45, 7) is 0.374. The second-order valence-corrected chi connectivity index (χ2v) is 5.94. The zero-order valence-corrected chi connectivity index (χ0v) is 10.3. The van der Waals surface area contributed by atoms with Gasteiger partial charge in [-0.25, -0.2) is 4.79 Å². The van der Waals surface area contributed by atoms with E-state index < -0.39 is 5.60 Å². The van der Waals surface area contributed by atoms with Crippen molar-refractivity contribution >= 4 is 17.8 Å². The Hall–Kier alpha value is -0.420. The van der Waals surface area contributed by atoms with Crippen LogP contribution in [0.15, 0.2) is 0 Å². The van der Waals surface area contributed by atoms with Crippen molar-refractivity contribution in [3.63, 3.8) is 0 Å². The number of nitrogens with one attached hydrogen (secondary N) is 2. The summed E-state index contributed by atoms with van der Waals surface area (Å²) in [5, 5.41) is 15.8. The summed E-state index contributed by atoms with van der Waals surface area (Å²) >= 11 is 1.74. The Balaban J connectivity index is 1.66. The first kappa shape index (κ1) is 12.0. The van der Waals surface area contributed by atoms with Crippen LogP contribution in [0.1, 0.15) is 32.1 Å². The van der Waals surface area contributed by atoms with Crippen LogP contribution in [0, 0.1) is 0 Å². The SMILES string of the molecule is O=C(NCC1(O)CCSC1)NC1CCCC1. The van der Waals surface area contributed by atoms with E-state index in [0.717, 1.165) is 30.8 Å². The molecule has 92 valence electrons. The van der Waals surface area contributed by atoms with Gasteiger partial charge < -0.3 is 15.7 Å². The molecule has 2 aliphatic rings. The Morgan fingerprint density at radius 3 is 2.81 bits per heavy atom. The van der Waals surface area contributed by atoms with Crippen molar-refractivity contribution in [2.75, 3.05) is 18.1 Å². The Bertz CT molecular complexity index is 248. The average molecular weight is 244 g/mol. The van der Waals surface area contributed by atoms with Crippen molar-refractivity contribution in [1.82, 2.24) is 10.6 Å². The lowest BCUT2D eigenvalue weighted by Crippen LogP contribution is -2.48. The first-order chi connectivity index (χ1) is 7.68. The van der Waals surface area contributed by atoms with Crippen LogP contribution >= 0.6 is 11.8 Å². The molecule has 2 amide bonds. The van der Waals surface area contributed by atoms with Crippen molar-refractivity contribution in [1.29, 1.82) is 0 Å². The van der Waals surface area contributed by atoms with E-state index in [0.29, 0.717) is 12.6 Å².